The molecule has 0 radical (unpaired) electrons. The molecule has 3 N–H and O–H groups in total. The molecule has 0 bridgehead atoms. The summed E-state index contributed by atoms with van der Waals surface area (Å²) in [4.78, 5) is 11.9. The van der Waals surface area contributed by atoms with Crippen LogP contribution in [0.3, 0.4) is 0 Å². The zero-order chi connectivity index (χ0) is 18.0. The SMILES string of the molecule is Cn1c2c(c3cc(O)c(CCCCCC#N)cc31)C(C(N)=O)CCC2. The Bertz CT molecular complexity index is 845. The third-order valence-electron chi connectivity index (χ3n) is 5.40. The predicted molar refractivity (Wildman–Crippen MR) is 97.2 cm³/mol. The molecule has 1 atom stereocenters. The van der Waals surface area contributed by atoms with Crippen LogP contribution in [0.15, 0.2) is 12.1 Å². The van der Waals surface area contributed by atoms with Gasteiger partial charge in [-0.3, -0.25) is 4.79 Å². The number of nitrogens with zero attached hydrogens (tertiary/aromatic N) is 2. The Morgan fingerprint density at radius 1 is 1.40 bits per heavy atom. The Kier molecular flexibility index (Phi) is 4.98. The Balaban J connectivity index is 1.95. The van der Waals surface area contributed by atoms with Gasteiger partial charge < -0.3 is 15.4 Å². The largest absolute Gasteiger partial charge is 0.508 e. The van der Waals surface area contributed by atoms with E-state index in [9.17, 15) is 9.90 Å². The second-order valence-electron chi connectivity index (χ2n) is 6.98. The number of aromatic hydroxyl groups is 1. The van der Waals surface area contributed by atoms with Crippen molar-refractivity contribution in [2.45, 2.75) is 57.3 Å². The third-order valence-corrected chi connectivity index (χ3v) is 5.40. The number of unbranched alkanes of at least 4 members (excludes halogenated alkanes) is 3. The molecule has 1 unspecified atom stereocenters. The van der Waals surface area contributed by atoms with Crippen LogP contribution < -0.4 is 5.73 Å². The number of aromatic nitrogens is 1. The summed E-state index contributed by atoms with van der Waals surface area (Å²) in [6, 6.07) is 6.01. The summed E-state index contributed by atoms with van der Waals surface area (Å²) in [5.41, 5.74) is 9.78. The number of primary amides is 1. The Labute approximate surface area is 148 Å². The van der Waals surface area contributed by atoms with Gasteiger partial charge in [0.2, 0.25) is 5.91 Å². The van der Waals surface area contributed by atoms with E-state index in [0.717, 1.165) is 72.7 Å². The molecule has 5 heteroatoms. The highest BCUT2D eigenvalue weighted by Gasteiger charge is 2.30. The van der Waals surface area contributed by atoms with Crippen LogP contribution in [0.2, 0.25) is 0 Å². The maximum atomic E-state index is 11.9. The van der Waals surface area contributed by atoms with Gasteiger partial charge >= 0.3 is 0 Å². The van der Waals surface area contributed by atoms with Gasteiger partial charge in [-0.15, -0.1) is 0 Å². The molecule has 25 heavy (non-hydrogen) atoms. The highest BCUT2D eigenvalue weighted by atomic mass is 16.3. The van der Waals surface area contributed by atoms with Crippen LogP contribution in [-0.4, -0.2) is 15.6 Å². The van der Waals surface area contributed by atoms with Gasteiger partial charge in [0.1, 0.15) is 5.75 Å². The van der Waals surface area contributed by atoms with E-state index in [1.807, 2.05) is 13.1 Å². The van der Waals surface area contributed by atoms with Gasteiger partial charge in [0.25, 0.3) is 0 Å². The van der Waals surface area contributed by atoms with Gasteiger partial charge in [-0.05, 0) is 61.8 Å². The van der Waals surface area contributed by atoms with E-state index in [0.29, 0.717) is 6.42 Å². The molecule has 0 saturated heterocycles. The van der Waals surface area contributed by atoms with Gasteiger partial charge in [0.05, 0.1) is 12.0 Å². The maximum Gasteiger partial charge on any atom is 0.225 e. The number of hydrogen-bond acceptors (Lipinski definition) is 3. The third kappa shape index (κ3) is 3.21. The first-order chi connectivity index (χ1) is 12.0. The highest BCUT2D eigenvalue weighted by Crippen LogP contribution is 2.40. The van der Waals surface area contributed by atoms with E-state index in [1.54, 1.807) is 6.07 Å². The van der Waals surface area contributed by atoms with Gasteiger partial charge in [0.15, 0.2) is 0 Å². The Morgan fingerprint density at radius 3 is 2.92 bits per heavy atom. The zero-order valence-electron chi connectivity index (χ0n) is 14.7. The summed E-state index contributed by atoms with van der Waals surface area (Å²) >= 11 is 0. The van der Waals surface area contributed by atoms with E-state index in [4.69, 9.17) is 11.0 Å². The average molecular weight is 339 g/mol. The smallest absolute Gasteiger partial charge is 0.225 e. The van der Waals surface area contributed by atoms with Crippen molar-refractivity contribution in [1.29, 1.82) is 5.26 Å². The number of carbonyl (C=O) groups excluding carboxylic acids is 1. The minimum Gasteiger partial charge on any atom is -0.508 e. The maximum absolute atomic E-state index is 11.9. The van der Waals surface area contributed by atoms with Crippen LogP contribution in [0, 0.1) is 11.3 Å². The fourth-order valence-corrected chi connectivity index (χ4v) is 4.09. The molecule has 2 aromatic rings. The molecule has 1 aromatic carbocycles. The molecular weight excluding hydrogens is 314 g/mol. The van der Waals surface area contributed by atoms with Crippen molar-refractivity contribution < 1.29 is 9.90 Å². The first-order valence-electron chi connectivity index (χ1n) is 9.04. The van der Waals surface area contributed by atoms with Gasteiger partial charge in [-0.2, -0.15) is 5.26 Å². The van der Waals surface area contributed by atoms with Crippen molar-refractivity contribution in [3.63, 3.8) is 0 Å². The van der Waals surface area contributed by atoms with Crippen LogP contribution in [-0.2, 0) is 24.7 Å². The number of nitrogens with two attached hydrogens (primary N) is 1. The van der Waals surface area contributed by atoms with Crippen molar-refractivity contribution >= 4 is 16.8 Å². The molecule has 1 aromatic heterocycles. The molecular formula is C20H25N3O2. The number of carbonyl (C=O) groups is 1. The summed E-state index contributed by atoms with van der Waals surface area (Å²) in [5.74, 6) is -0.256. The number of aryl methyl sites for hydroxylation is 2. The van der Waals surface area contributed by atoms with Crippen molar-refractivity contribution in [3.05, 3.63) is 29.0 Å². The molecule has 1 heterocycles. The lowest BCUT2D eigenvalue weighted by Gasteiger charge is -2.21. The van der Waals surface area contributed by atoms with Crippen molar-refractivity contribution in [2.75, 3.05) is 0 Å². The number of hydrogen-bond donors (Lipinski definition) is 2. The summed E-state index contributed by atoms with van der Waals surface area (Å²) in [7, 11) is 2.03. The van der Waals surface area contributed by atoms with Crippen molar-refractivity contribution in [3.8, 4) is 11.8 Å². The van der Waals surface area contributed by atoms with E-state index in [-0.39, 0.29) is 17.6 Å². The van der Waals surface area contributed by atoms with Gasteiger partial charge in [0, 0.05) is 30.1 Å². The monoisotopic (exact) mass is 339 g/mol. The van der Waals surface area contributed by atoms with E-state index < -0.39 is 0 Å². The first-order valence-corrected chi connectivity index (χ1v) is 9.04. The molecule has 0 saturated carbocycles. The normalized spacial score (nSPS) is 16.6. The first kappa shape index (κ1) is 17.3. The second kappa shape index (κ2) is 7.18. The number of rotatable bonds is 6. The summed E-state index contributed by atoms with van der Waals surface area (Å²) in [6.07, 6.45) is 6.90. The van der Waals surface area contributed by atoms with Crippen LogP contribution >= 0.6 is 0 Å². The molecule has 132 valence electrons. The van der Waals surface area contributed by atoms with Gasteiger partial charge in [-0.1, -0.05) is 6.42 Å². The molecule has 1 aliphatic carbocycles. The van der Waals surface area contributed by atoms with Crippen LogP contribution in [0.4, 0.5) is 0 Å². The van der Waals surface area contributed by atoms with Gasteiger partial charge in [-0.25, -0.2) is 0 Å². The lowest BCUT2D eigenvalue weighted by molar-refractivity contribution is -0.119. The molecule has 1 amide bonds. The average Bonchev–Trinajstić information content (AvgIpc) is 2.87. The van der Waals surface area contributed by atoms with Crippen LogP contribution in [0.5, 0.6) is 5.75 Å². The fraction of sp³-hybridized carbons (Fsp3) is 0.500. The second-order valence-corrected chi connectivity index (χ2v) is 6.98. The number of nitriles is 1. The minimum atomic E-state index is -0.283. The number of benzene rings is 1. The number of phenolic OH excluding ortho intramolecular Hbond substituents is 1. The summed E-state index contributed by atoms with van der Waals surface area (Å²) < 4.78 is 2.15. The minimum absolute atomic E-state index is 0.260. The van der Waals surface area contributed by atoms with E-state index >= 15 is 0 Å². The zero-order valence-corrected chi connectivity index (χ0v) is 14.7. The fourth-order valence-electron chi connectivity index (χ4n) is 4.09. The van der Waals surface area contributed by atoms with E-state index in [2.05, 4.69) is 10.6 Å². The number of amides is 1. The van der Waals surface area contributed by atoms with Crippen molar-refractivity contribution in [2.24, 2.45) is 12.8 Å². The van der Waals surface area contributed by atoms with Crippen molar-refractivity contribution in [1.82, 2.24) is 4.57 Å². The van der Waals surface area contributed by atoms with E-state index in [1.165, 1.54) is 0 Å². The molecule has 0 fully saturated rings. The molecule has 0 aliphatic heterocycles. The lowest BCUT2D eigenvalue weighted by atomic mass is 9.84. The molecule has 3 rings (SSSR count). The molecule has 1 aliphatic rings. The quantitative estimate of drug-likeness (QED) is 0.790. The Morgan fingerprint density at radius 2 is 2.20 bits per heavy atom. The molecule has 0 spiro atoms. The standard InChI is InChI=1S/C20H25N3O2/c1-23-16-9-6-8-14(20(22)25)19(16)15-12-18(24)13(11-17(15)23)7-4-2-3-5-10-21/h11-12,14,24H,2-9H2,1H3,(H2,22,25). The number of phenols is 1. The van der Waals surface area contributed by atoms with Crippen LogP contribution in [0.1, 0.15) is 61.3 Å². The summed E-state index contributed by atoms with van der Waals surface area (Å²) in [6.45, 7) is 0. The lowest BCUT2D eigenvalue weighted by Crippen LogP contribution is -2.25. The highest BCUT2D eigenvalue weighted by molar-refractivity contribution is 5.94. The predicted octanol–water partition coefficient (Wildman–Crippen LogP) is 3.42. The Hall–Kier alpha value is -2.48. The topological polar surface area (TPSA) is 92.0 Å². The number of fused-ring (bicyclic) bond motifs is 3. The summed E-state index contributed by atoms with van der Waals surface area (Å²) in [5, 5.41) is 20.0. The molecule has 5 nitrogen and oxygen atoms in total. The van der Waals surface area contributed by atoms with Crippen LogP contribution in [0.25, 0.3) is 10.9 Å².